The predicted octanol–water partition coefficient (Wildman–Crippen LogP) is 1.11. The molecular weight excluding hydrogens is 186 g/mol. The van der Waals surface area contributed by atoms with E-state index in [1.807, 2.05) is 0 Å². The lowest BCUT2D eigenvalue weighted by Gasteiger charge is -1.89. The average molecular weight is 193 g/mol. The minimum atomic E-state index is -0.0666. The maximum absolute atomic E-state index is 11.6. The minimum absolute atomic E-state index is 0.0666. The maximum Gasteiger partial charge on any atom is 0.224 e. The summed E-state index contributed by atoms with van der Waals surface area (Å²) in [6.45, 7) is 0. The molecule has 2 aromatic rings. The Hall–Kier alpha value is -1.49. The number of hydrogen-bond acceptors (Lipinski definition) is 4. The number of aromatic nitrogens is 3. The average Bonchev–Trinajstić information content (AvgIpc) is 2.72. The number of carbonyl (C=O) groups excluding carboxylic acids is 1. The van der Waals surface area contributed by atoms with Crippen LogP contribution in [-0.2, 0) is 7.05 Å². The van der Waals surface area contributed by atoms with Crippen LogP contribution in [0.2, 0.25) is 0 Å². The molecule has 0 saturated carbocycles. The Balaban J connectivity index is 2.33. The van der Waals surface area contributed by atoms with Crippen molar-refractivity contribution in [1.29, 1.82) is 0 Å². The van der Waals surface area contributed by atoms with Gasteiger partial charge >= 0.3 is 0 Å². The Labute approximate surface area is 79.0 Å². The van der Waals surface area contributed by atoms with E-state index in [0.29, 0.717) is 10.6 Å². The second-order valence-corrected chi connectivity index (χ2v) is 3.41. The largest absolute Gasteiger partial charge is 0.286 e. The highest BCUT2D eigenvalue weighted by Crippen LogP contribution is 2.10. The molecule has 0 unspecified atom stereocenters. The van der Waals surface area contributed by atoms with E-state index in [-0.39, 0.29) is 5.78 Å². The molecule has 0 atom stereocenters. The first-order valence-corrected chi connectivity index (χ1v) is 4.50. The molecule has 4 nitrogen and oxygen atoms in total. The van der Waals surface area contributed by atoms with E-state index < -0.39 is 0 Å². The van der Waals surface area contributed by atoms with E-state index in [9.17, 15) is 4.79 Å². The molecule has 0 aliphatic heterocycles. The fraction of sp³-hybridized carbons (Fsp3) is 0.125. The standard InChI is InChI=1S/C8H7N3OS/c1-11-5-3-6(10-11)8(12)7-2-4-9-13-7/h2-5H,1H3. The summed E-state index contributed by atoms with van der Waals surface area (Å²) in [6.07, 6.45) is 3.36. The van der Waals surface area contributed by atoms with E-state index in [1.54, 1.807) is 36.3 Å². The molecule has 2 aromatic heterocycles. The number of nitrogens with zero attached hydrogens (tertiary/aromatic N) is 3. The van der Waals surface area contributed by atoms with E-state index >= 15 is 0 Å². The molecule has 0 aromatic carbocycles. The van der Waals surface area contributed by atoms with Crippen LogP contribution in [-0.4, -0.2) is 19.9 Å². The van der Waals surface area contributed by atoms with Crippen molar-refractivity contribution in [3.8, 4) is 0 Å². The van der Waals surface area contributed by atoms with Crippen molar-refractivity contribution in [1.82, 2.24) is 14.2 Å². The Morgan fingerprint density at radius 1 is 1.54 bits per heavy atom. The summed E-state index contributed by atoms with van der Waals surface area (Å²) in [6, 6.07) is 3.39. The van der Waals surface area contributed by atoms with Gasteiger partial charge in [0.1, 0.15) is 5.69 Å². The van der Waals surface area contributed by atoms with Gasteiger partial charge in [-0.15, -0.1) is 0 Å². The summed E-state index contributed by atoms with van der Waals surface area (Å²) in [7, 11) is 1.78. The molecule has 13 heavy (non-hydrogen) atoms. The summed E-state index contributed by atoms with van der Waals surface area (Å²) in [5, 5.41) is 4.01. The van der Waals surface area contributed by atoms with Crippen molar-refractivity contribution in [3.63, 3.8) is 0 Å². The number of hydrogen-bond donors (Lipinski definition) is 0. The summed E-state index contributed by atoms with van der Waals surface area (Å²) in [5.74, 6) is -0.0666. The first kappa shape index (κ1) is 8.12. The van der Waals surface area contributed by atoms with Crippen LogP contribution in [0.5, 0.6) is 0 Å². The van der Waals surface area contributed by atoms with Gasteiger partial charge in [0, 0.05) is 19.4 Å². The van der Waals surface area contributed by atoms with Gasteiger partial charge in [-0.2, -0.15) is 5.10 Å². The molecule has 0 N–H and O–H groups in total. The Morgan fingerprint density at radius 3 is 2.92 bits per heavy atom. The number of rotatable bonds is 2. The first-order chi connectivity index (χ1) is 6.27. The monoisotopic (exact) mass is 193 g/mol. The van der Waals surface area contributed by atoms with E-state index in [0.717, 1.165) is 0 Å². The molecule has 0 radical (unpaired) electrons. The lowest BCUT2D eigenvalue weighted by atomic mass is 10.2. The second kappa shape index (κ2) is 3.10. The van der Waals surface area contributed by atoms with Gasteiger partial charge in [-0.05, 0) is 23.7 Å². The third kappa shape index (κ3) is 1.50. The molecule has 0 fully saturated rings. The third-order valence-corrected chi connectivity index (χ3v) is 2.35. The molecule has 0 spiro atoms. The van der Waals surface area contributed by atoms with Gasteiger partial charge in [0.05, 0.1) is 4.88 Å². The highest BCUT2D eigenvalue weighted by molar-refractivity contribution is 7.08. The summed E-state index contributed by atoms with van der Waals surface area (Å²) < 4.78 is 5.47. The van der Waals surface area contributed by atoms with Crippen molar-refractivity contribution in [2.45, 2.75) is 0 Å². The van der Waals surface area contributed by atoms with Crippen molar-refractivity contribution >= 4 is 17.3 Å². The molecule has 66 valence electrons. The van der Waals surface area contributed by atoms with Crippen molar-refractivity contribution < 1.29 is 4.79 Å². The number of carbonyl (C=O) groups is 1. The topological polar surface area (TPSA) is 47.8 Å². The fourth-order valence-corrected chi connectivity index (χ4v) is 1.54. The molecule has 0 bridgehead atoms. The maximum atomic E-state index is 11.6. The smallest absolute Gasteiger partial charge is 0.224 e. The highest BCUT2D eigenvalue weighted by atomic mass is 32.1. The van der Waals surface area contributed by atoms with Crippen molar-refractivity contribution in [2.24, 2.45) is 7.05 Å². The van der Waals surface area contributed by atoms with E-state index in [1.165, 1.54) is 11.5 Å². The summed E-state index contributed by atoms with van der Waals surface area (Å²) >= 11 is 1.19. The van der Waals surface area contributed by atoms with Crippen LogP contribution in [0.4, 0.5) is 0 Å². The van der Waals surface area contributed by atoms with Gasteiger partial charge in [-0.3, -0.25) is 9.48 Å². The molecule has 0 amide bonds. The number of ketones is 1. The van der Waals surface area contributed by atoms with Crippen LogP contribution in [0.1, 0.15) is 15.4 Å². The third-order valence-electron chi connectivity index (χ3n) is 1.61. The lowest BCUT2D eigenvalue weighted by Crippen LogP contribution is -2.00. The minimum Gasteiger partial charge on any atom is -0.286 e. The van der Waals surface area contributed by atoms with E-state index in [4.69, 9.17) is 0 Å². The molecular formula is C8H7N3OS. The zero-order valence-electron chi connectivity index (χ0n) is 6.97. The van der Waals surface area contributed by atoms with Crippen LogP contribution in [0.15, 0.2) is 24.5 Å². The van der Waals surface area contributed by atoms with Crippen LogP contribution in [0.3, 0.4) is 0 Å². The van der Waals surface area contributed by atoms with E-state index in [2.05, 4.69) is 9.47 Å². The molecule has 0 aliphatic rings. The Kier molecular flexibility index (Phi) is 1.94. The Bertz CT molecular complexity index is 418. The second-order valence-electron chi connectivity index (χ2n) is 2.58. The summed E-state index contributed by atoms with van der Waals surface area (Å²) in [4.78, 5) is 12.2. The fourth-order valence-electron chi connectivity index (χ4n) is 0.995. The van der Waals surface area contributed by atoms with Crippen LogP contribution in [0.25, 0.3) is 0 Å². The van der Waals surface area contributed by atoms with Crippen LogP contribution >= 0.6 is 11.5 Å². The molecule has 5 heteroatoms. The van der Waals surface area contributed by atoms with Crippen LogP contribution < -0.4 is 0 Å². The van der Waals surface area contributed by atoms with Gasteiger partial charge in [-0.25, -0.2) is 4.37 Å². The summed E-state index contributed by atoms with van der Waals surface area (Å²) in [5.41, 5.74) is 0.465. The van der Waals surface area contributed by atoms with Crippen molar-refractivity contribution in [2.75, 3.05) is 0 Å². The number of aryl methyl sites for hydroxylation is 1. The molecule has 0 aliphatic carbocycles. The van der Waals surface area contributed by atoms with Gasteiger partial charge in [-0.1, -0.05) is 0 Å². The first-order valence-electron chi connectivity index (χ1n) is 3.72. The molecule has 0 saturated heterocycles. The van der Waals surface area contributed by atoms with Gasteiger partial charge in [0.25, 0.3) is 0 Å². The zero-order valence-corrected chi connectivity index (χ0v) is 7.78. The lowest BCUT2D eigenvalue weighted by molar-refractivity contribution is 0.103. The van der Waals surface area contributed by atoms with Crippen LogP contribution in [0, 0.1) is 0 Å². The predicted molar refractivity (Wildman–Crippen MR) is 48.8 cm³/mol. The zero-order chi connectivity index (χ0) is 9.26. The quantitative estimate of drug-likeness (QED) is 0.671. The van der Waals surface area contributed by atoms with Gasteiger partial charge in [0.15, 0.2) is 0 Å². The Morgan fingerprint density at radius 2 is 2.38 bits per heavy atom. The molecule has 2 rings (SSSR count). The normalized spacial score (nSPS) is 10.2. The van der Waals surface area contributed by atoms with Crippen molar-refractivity contribution in [3.05, 3.63) is 35.1 Å². The van der Waals surface area contributed by atoms with Gasteiger partial charge in [0.2, 0.25) is 5.78 Å². The SMILES string of the molecule is Cn1ccc(C(=O)c2ccns2)n1. The molecule has 2 heterocycles. The van der Waals surface area contributed by atoms with Gasteiger partial charge < -0.3 is 0 Å². The highest BCUT2D eigenvalue weighted by Gasteiger charge is 2.12.